The lowest BCUT2D eigenvalue weighted by molar-refractivity contribution is 0.0555. The van der Waals surface area contributed by atoms with Crippen LogP contribution in [-0.2, 0) is 16.1 Å². The third kappa shape index (κ3) is 4.63. The quantitative estimate of drug-likeness (QED) is 0.486. The number of amides is 1. The van der Waals surface area contributed by atoms with E-state index in [1.54, 1.807) is 23.8 Å². The standard InChI is InChI=1S/C20H25ClFN7O3/c1-10(2)24-20(30)32-15-5-4-12(17(15)22)14-6-16(28-27-14)26-19-23-7-13(21)18-25-11(9-31-3)8-29(18)19/h6-8,10,12,15,17H,4-5,9H2,1-3H3,(H,24,30)(H2,23,26,27,28)/t12-,15-,17-/m1/s1. The average Bonchev–Trinajstić information content (AvgIpc) is 3.44. The second-order valence-corrected chi connectivity index (χ2v) is 8.40. The summed E-state index contributed by atoms with van der Waals surface area (Å²) in [6.07, 6.45) is 1.52. The first-order valence-electron chi connectivity index (χ1n) is 10.3. The van der Waals surface area contributed by atoms with Gasteiger partial charge in [-0.3, -0.25) is 9.50 Å². The molecule has 172 valence electrons. The van der Waals surface area contributed by atoms with Crippen molar-refractivity contribution in [3.05, 3.63) is 34.9 Å². The Balaban J connectivity index is 1.47. The number of aromatic amines is 1. The molecule has 0 bridgehead atoms. The molecule has 3 aromatic rings. The van der Waals surface area contributed by atoms with Gasteiger partial charge in [-0.1, -0.05) is 11.6 Å². The van der Waals surface area contributed by atoms with Gasteiger partial charge in [-0.2, -0.15) is 5.10 Å². The molecule has 0 spiro atoms. The van der Waals surface area contributed by atoms with Crippen LogP contribution in [0.5, 0.6) is 0 Å². The number of halogens is 2. The Labute approximate surface area is 188 Å². The molecule has 1 saturated carbocycles. The first kappa shape index (κ1) is 22.3. The number of fused-ring (bicyclic) bond motifs is 1. The highest BCUT2D eigenvalue weighted by molar-refractivity contribution is 6.33. The Kier molecular flexibility index (Phi) is 6.47. The fourth-order valence-corrected chi connectivity index (χ4v) is 3.97. The van der Waals surface area contributed by atoms with Crippen LogP contribution in [0.2, 0.25) is 5.02 Å². The third-order valence-corrected chi connectivity index (χ3v) is 5.46. The van der Waals surface area contributed by atoms with Crippen molar-refractivity contribution in [1.29, 1.82) is 0 Å². The Hall–Kier alpha value is -2.92. The molecule has 0 aliphatic heterocycles. The van der Waals surface area contributed by atoms with Gasteiger partial charge < -0.3 is 20.1 Å². The number of alkyl carbamates (subject to hydrolysis) is 1. The van der Waals surface area contributed by atoms with E-state index in [0.717, 1.165) is 0 Å². The number of methoxy groups -OCH3 is 1. The number of imidazole rings is 1. The van der Waals surface area contributed by atoms with Crippen molar-refractivity contribution < 1.29 is 18.7 Å². The van der Waals surface area contributed by atoms with E-state index in [4.69, 9.17) is 21.1 Å². The van der Waals surface area contributed by atoms with Crippen molar-refractivity contribution in [3.8, 4) is 0 Å². The molecular formula is C20H25ClFN7O3. The number of aromatic nitrogens is 5. The molecule has 0 radical (unpaired) electrons. The van der Waals surface area contributed by atoms with E-state index < -0.39 is 24.3 Å². The molecule has 1 aliphatic rings. The summed E-state index contributed by atoms with van der Waals surface area (Å²) in [5.74, 6) is 0.467. The van der Waals surface area contributed by atoms with Gasteiger partial charge in [0.05, 0.1) is 18.5 Å². The molecule has 4 rings (SSSR count). The smallest absolute Gasteiger partial charge is 0.407 e. The first-order chi connectivity index (χ1) is 15.4. The maximum atomic E-state index is 15.0. The highest BCUT2D eigenvalue weighted by atomic mass is 35.5. The number of carbonyl (C=O) groups is 1. The fourth-order valence-electron chi connectivity index (χ4n) is 3.79. The molecule has 1 amide bonds. The predicted octanol–water partition coefficient (Wildman–Crippen LogP) is 3.71. The predicted molar refractivity (Wildman–Crippen MR) is 116 cm³/mol. The largest absolute Gasteiger partial charge is 0.443 e. The number of nitrogens with one attached hydrogen (secondary N) is 3. The molecule has 32 heavy (non-hydrogen) atoms. The van der Waals surface area contributed by atoms with Crippen LogP contribution >= 0.6 is 11.6 Å². The first-order valence-corrected chi connectivity index (χ1v) is 10.7. The van der Waals surface area contributed by atoms with Gasteiger partial charge in [0.1, 0.15) is 17.3 Å². The third-order valence-electron chi connectivity index (χ3n) is 5.19. The Morgan fingerprint density at radius 3 is 3.00 bits per heavy atom. The highest BCUT2D eigenvalue weighted by Gasteiger charge is 2.40. The van der Waals surface area contributed by atoms with Gasteiger partial charge >= 0.3 is 6.09 Å². The van der Waals surface area contributed by atoms with Crippen molar-refractivity contribution >= 4 is 35.1 Å². The molecule has 1 aliphatic carbocycles. The maximum Gasteiger partial charge on any atom is 0.407 e. The zero-order valence-corrected chi connectivity index (χ0v) is 18.7. The summed E-state index contributed by atoms with van der Waals surface area (Å²) < 4.78 is 27.1. The molecular weight excluding hydrogens is 441 g/mol. The Morgan fingerprint density at radius 2 is 2.25 bits per heavy atom. The summed E-state index contributed by atoms with van der Waals surface area (Å²) >= 11 is 6.21. The van der Waals surface area contributed by atoms with Crippen LogP contribution in [0.25, 0.3) is 5.65 Å². The van der Waals surface area contributed by atoms with Gasteiger partial charge in [0.2, 0.25) is 5.95 Å². The van der Waals surface area contributed by atoms with E-state index in [-0.39, 0.29) is 6.04 Å². The number of anilines is 2. The average molecular weight is 466 g/mol. The Morgan fingerprint density at radius 1 is 1.44 bits per heavy atom. The van der Waals surface area contributed by atoms with Gasteiger partial charge in [-0.15, -0.1) is 0 Å². The van der Waals surface area contributed by atoms with Crippen molar-refractivity contribution in [2.24, 2.45) is 0 Å². The summed E-state index contributed by atoms with van der Waals surface area (Å²) in [4.78, 5) is 20.6. The molecule has 10 nitrogen and oxygen atoms in total. The van der Waals surface area contributed by atoms with E-state index in [1.807, 2.05) is 13.8 Å². The van der Waals surface area contributed by atoms with Crippen molar-refractivity contribution in [3.63, 3.8) is 0 Å². The SMILES string of the molecule is COCc1cn2c(Nc3cc([C@H]4CC[C@@H](OC(=O)NC(C)C)[C@@H]4F)[nH]n3)ncc(Cl)c2n1. The molecule has 1 fully saturated rings. The van der Waals surface area contributed by atoms with Crippen LogP contribution in [0.1, 0.15) is 44.0 Å². The molecule has 0 unspecified atom stereocenters. The lowest BCUT2D eigenvalue weighted by Gasteiger charge is -2.18. The van der Waals surface area contributed by atoms with E-state index in [9.17, 15) is 9.18 Å². The lowest BCUT2D eigenvalue weighted by Crippen LogP contribution is -2.36. The minimum atomic E-state index is -1.33. The summed E-state index contributed by atoms with van der Waals surface area (Å²) in [6.45, 7) is 3.97. The topological polar surface area (TPSA) is 118 Å². The van der Waals surface area contributed by atoms with Gasteiger partial charge in [-0.05, 0) is 26.7 Å². The number of ether oxygens (including phenoxy) is 2. The summed E-state index contributed by atoms with van der Waals surface area (Å²) in [6, 6.07) is 1.65. The monoisotopic (exact) mass is 465 g/mol. The van der Waals surface area contributed by atoms with Crippen molar-refractivity contribution in [2.75, 3.05) is 12.4 Å². The Bertz CT molecular complexity index is 1100. The van der Waals surface area contributed by atoms with E-state index in [0.29, 0.717) is 53.3 Å². The van der Waals surface area contributed by atoms with E-state index in [1.165, 1.54) is 6.20 Å². The van der Waals surface area contributed by atoms with Crippen LogP contribution in [0, 0.1) is 0 Å². The van der Waals surface area contributed by atoms with E-state index >= 15 is 0 Å². The van der Waals surface area contributed by atoms with Crippen LogP contribution in [-0.4, -0.2) is 56.1 Å². The molecule has 12 heteroatoms. The molecule has 3 N–H and O–H groups in total. The molecule has 0 aromatic carbocycles. The van der Waals surface area contributed by atoms with Gasteiger partial charge in [-0.25, -0.2) is 19.2 Å². The van der Waals surface area contributed by atoms with Crippen LogP contribution in [0.4, 0.5) is 21.0 Å². The lowest BCUT2D eigenvalue weighted by atomic mass is 10.0. The fraction of sp³-hybridized carbons (Fsp3) is 0.500. The van der Waals surface area contributed by atoms with Crippen molar-refractivity contribution in [2.45, 2.75) is 57.5 Å². The highest BCUT2D eigenvalue weighted by Crippen LogP contribution is 2.38. The van der Waals surface area contributed by atoms with Gasteiger partial charge in [0.25, 0.3) is 0 Å². The minimum absolute atomic E-state index is 0.0759. The van der Waals surface area contributed by atoms with E-state index in [2.05, 4.69) is 30.8 Å². The van der Waals surface area contributed by atoms with Crippen LogP contribution < -0.4 is 10.6 Å². The summed E-state index contributed by atoms with van der Waals surface area (Å²) in [5, 5.41) is 13.2. The van der Waals surface area contributed by atoms with Gasteiger partial charge in [0, 0.05) is 37.0 Å². The molecule has 0 saturated heterocycles. The number of nitrogens with zero attached hydrogens (tertiary/aromatic N) is 4. The number of rotatable bonds is 7. The number of hydrogen-bond acceptors (Lipinski definition) is 7. The van der Waals surface area contributed by atoms with Crippen LogP contribution in [0.3, 0.4) is 0 Å². The zero-order valence-electron chi connectivity index (χ0n) is 17.9. The second kappa shape index (κ2) is 9.29. The normalized spacial score (nSPS) is 20.8. The number of hydrogen-bond donors (Lipinski definition) is 3. The summed E-state index contributed by atoms with van der Waals surface area (Å²) in [5.41, 5.74) is 1.85. The second-order valence-electron chi connectivity index (χ2n) is 7.99. The number of carbonyl (C=O) groups excluding carboxylic acids is 1. The minimum Gasteiger partial charge on any atom is -0.443 e. The molecule has 3 atom stereocenters. The van der Waals surface area contributed by atoms with Gasteiger partial charge in [0.15, 0.2) is 11.5 Å². The number of alkyl halides is 1. The molecule has 3 heterocycles. The number of H-pyrrole nitrogens is 1. The maximum absolute atomic E-state index is 15.0. The zero-order chi connectivity index (χ0) is 22.8. The van der Waals surface area contributed by atoms with Crippen molar-refractivity contribution in [1.82, 2.24) is 29.9 Å². The molecule has 3 aromatic heterocycles. The van der Waals surface area contributed by atoms with Crippen LogP contribution in [0.15, 0.2) is 18.5 Å². The summed E-state index contributed by atoms with van der Waals surface area (Å²) in [7, 11) is 1.59.